The number of para-hydroxylation sites is 2. The van der Waals surface area contributed by atoms with Gasteiger partial charge in [0.05, 0.1) is 16.6 Å². The number of benzene rings is 6. The van der Waals surface area contributed by atoms with E-state index in [1.54, 1.807) is 0 Å². The molecule has 0 amide bonds. The summed E-state index contributed by atoms with van der Waals surface area (Å²) in [6.45, 7) is 6.91. The second-order valence-electron chi connectivity index (χ2n) is 17.1. The number of fused-ring (bicyclic) bond motifs is 7. The maximum absolute atomic E-state index is 5.17. The Labute approximate surface area is 354 Å². The summed E-state index contributed by atoms with van der Waals surface area (Å²) in [5, 5.41) is 7.24. The quantitative estimate of drug-likeness (QED) is 0.161. The predicted molar refractivity (Wildman–Crippen MR) is 238 cm³/mol. The van der Waals surface area contributed by atoms with Gasteiger partial charge in [-0.3, -0.25) is 9.97 Å². The third-order valence-corrected chi connectivity index (χ3v) is 12.5. The van der Waals surface area contributed by atoms with Crippen molar-refractivity contribution >= 4 is 48.9 Å². The summed E-state index contributed by atoms with van der Waals surface area (Å²) in [7, 11) is 0. The van der Waals surface area contributed by atoms with E-state index in [1.807, 2.05) is 12.3 Å². The summed E-state index contributed by atoms with van der Waals surface area (Å²) >= 11 is 0. The molecular weight excluding hydrogens is 886 g/mol. The van der Waals surface area contributed by atoms with Gasteiger partial charge >= 0.3 is 21.1 Å². The SMILES string of the molecule is CC(C)(C)c1cc(-c2cc3c(cn2)c2cccc4c5ccccc5n3c42)[c-]c2c(-c3[c-]c(-c4ccccn4)cc(-c4ccc(C5CCCCC5)cc4)c3)cccc12.[Pt+2]. The summed E-state index contributed by atoms with van der Waals surface area (Å²) in [6, 6.07) is 54.4. The van der Waals surface area contributed by atoms with Gasteiger partial charge in [0.25, 0.3) is 0 Å². The van der Waals surface area contributed by atoms with E-state index in [-0.39, 0.29) is 26.5 Å². The monoisotopic (exact) mass is 928 g/mol. The molecule has 58 heavy (non-hydrogen) atoms. The molecule has 1 fully saturated rings. The van der Waals surface area contributed by atoms with E-state index >= 15 is 0 Å². The van der Waals surface area contributed by atoms with Gasteiger partial charge in [0.15, 0.2) is 0 Å². The summed E-state index contributed by atoms with van der Waals surface area (Å²) < 4.78 is 2.43. The van der Waals surface area contributed by atoms with Crippen molar-refractivity contribution < 1.29 is 21.1 Å². The van der Waals surface area contributed by atoms with E-state index in [1.165, 1.54) is 92.3 Å². The summed E-state index contributed by atoms with van der Waals surface area (Å²) in [4.78, 5) is 9.95. The molecular formula is C54H43N3Pt. The van der Waals surface area contributed by atoms with Crippen molar-refractivity contribution in [3.63, 3.8) is 0 Å². The average Bonchev–Trinajstić information content (AvgIpc) is 3.78. The van der Waals surface area contributed by atoms with Gasteiger partial charge in [-0.05, 0) is 53.5 Å². The van der Waals surface area contributed by atoms with Crippen molar-refractivity contribution in [3.8, 4) is 44.8 Å². The summed E-state index contributed by atoms with van der Waals surface area (Å²) in [6.07, 6.45) is 10.6. The van der Waals surface area contributed by atoms with E-state index in [9.17, 15) is 0 Å². The number of aromatic nitrogens is 3. The van der Waals surface area contributed by atoms with Crippen molar-refractivity contribution in [1.82, 2.24) is 14.4 Å². The smallest absolute Gasteiger partial charge is 0.309 e. The van der Waals surface area contributed by atoms with Crippen molar-refractivity contribution in [2.75, 3.05) is 0 Å². The standard InChI is InChI=1S/C54H43N3.Pt/c1-54(2,3)48-31-40(50-32-52-47(33-56-50)45-19-12-18-44-43-15-7-8-21-51(43)57(52)53(44)45)30-46-41(16-11-17-42(46)48)38-27-37(28-39(29-38)49-20-9-10-26-55-49)36-24-22-35(23-25-36)34-13-5-4-6-14-34;/h7-12,15-28,31-34H,4-6,13-14H2,1-3H3;/q-2;+2. The minimum Gasteiger partial charge on any atom is -0.309 e. The van der Waals surface area contributed by atoms with Crippen LogP contribution in [-0.2, 0) is 26.5 Å². The van der Waals surface area contributed by atoms with Crippen molar-refractivity contribution in [3.05, 3.63) is 163 Å². The average molecular weight is 929 g/mol. The largest absolute Gasteiger partial charge is 2.00 e. The van der Waals surface area contributed by atoms with E-state index in [0.29, 0.717) is 5.92 Å². The first kappa shape index (κ1) is 36.7. The Kier molecular flexibility index (Phi) is 9.06. The molecule has 10 aromatic rings. The molecule has 1 saturated carbocycles. The normalized spacial score (nSPS) is 13.9. The molecule has 0 aliphatic heterocycles. The maximum Gasteiger partial charge on any atom is 2.00 e. The van der Waals surface area contributed by atoms with E-state index in [4.69, 9.17) is 9.97 Å². The number of hydrogen-bond acceptors (Lipinski definition) is 2. The van der Waals surface area contributed by atoms with Gasteiger partial charge in [-0.2, -0.15) is 0 Å². The molecule has 0 bridgehead atoms. The fraction of sp³-hybridized carbons (Fsp3) is 0.185. The van der Waals surface area contributed by atoms with Crippen LogP contribution in [0.15, 0.2) is 140 Å². The Balaban J connectivity index is 0.00000408. The molecule has 0 unspecified atom stereocenters. The first-order valence-corrected chi connectivity index (χ1v) is 20.5. The number of hydrogen-bond donors (Lipinski definition) is 0. The van der Waals surface area contributed by atoms with Gasteiger partial charge in [-0.1, -0.05) is 159 Å². The van der Waals surface area contributed by atoms with Crippen LogP contribution in [0.25, 0.3) is 93.6 Å². The molecule has 0 radical (unpaired) electrons. The van der Waals surface area contributed by atoms with Crippen LogP contribution in [-0.4, -0.2) is 14.4 Å². The molecule has 0 atom stereocenters. The number of nitrogens with zero attached hydrogens (tertiary/aromatic N) is 3. The Hall–Kier alpha value is -5.63. The molecule has 0 saturated heterocycles. The van der Waals surface area contributed by atoms with Crippen LogP contribution in [0, 0.1) is 12.1 Å². The van der Waals surface area contributed by atoms with E-state index in [2.05, 4.69) is 165 Å². The zero-order valence-electron chi connectivity index (χ0n) is 33.0. The molecule has 1 aliphatic rings. The summed E-state index contributed by atoms with van der Waals surface area (Å²) in [5.74, 6) is 0.674. The molecule has 284 valence electrons. The second kappa shape index (κ2) is 14.3. The molecule has 1 aliphatic carbocycles. The predicted octanol–water partition coefficient (Wildman–Crippen LogP) is 14.4. The molecule has 0 spiro atoms. The van der Waals surface area contributed by atoms with Gasteiger partial charge in [-0.15, -0.1) is 46.8 Å². The van der Waals surface area contributed by atoms with Gasteiger partial charge < -0.3 is 4.40 Å². The zero-order chi connectivity index (χ0) is 38.3. The van der Waals surface area contributed by atoms with Gasteiger partial charge in [0, 0.05) is 45.3 Å². The first-order valence-electron chi connectivity index (χ1n) is 20.5. The fourth-order valence-corrected chi connectivity index (χ4v) is 9.68. The Morgan fingerprint density at radius 1 is 0.569 bits per heavy atom. The molecule has 11 rings (SSSR count). The number of rotatable bonds is 5. The fourth-order valence-electron chi connectivity index (χ4n) is 9.68. The minimum absolute atomic E-state index is 0. The van der Waals surface area contributed by atoms with E-state index < -0.39 is 0 Å². The van der Waals surface area contributed by atoms with Crippen molar-refractivity contribution in [1.29, 1.82) is 0 Å². The Morgan fingerprint density at radius 3 is 2.07 bits per heavy atom. The third kappa shape index (κ3) is 6.06. The van der Waals surface area contributed by atoms with Gasteiger partial charge in [0.2, 0.25) is 0 Å². The third-order valence-electron chi connectivity index (χ3n) is 12.5. The Morgan fingerprint density at radius 2 is 1.28 bits per heavy atom. The molecule has 6 aromatic carbocycles. The molecule has 4 heterocycles. The topological polar surface area (TPSA) is 30.2 Å². The van der Waals surface area contributed by atoms with Crippen LogP contribution in [0.2, 0.25) is 0 Å². The molecule has 4 aromatic heterocycles. The van der Waals surface area contributed by atoms with Crippen LogP contribution in [0.3, 0.4) is 0 Å². The van der Waals surface area contributed by atoms with Crippen LogP contribution < -0.4 is 0 Å². The van der Waals surface area contributed by atoms with Crippen molar-refractivity contribution in [2.24, 2.45) is 0 Å². The first-order chi connectivity index (χ1) is 27.9. The Bertz CT molecular complexity index is 3130. The van der Waals surface area contributed by atoms with Crippen LogP contribution in [0.4, 0.5) is 0 Å². The van der Waals surface area contributed by atoms with Crippen LogP contribution in [0.5, 0.6) is 0 Å². The number of pyridine rings is 2. The van der Waals surface area contributed by atoms with E-state index in [0.717, 1.165) is 44.6 Å². The van der Waals surface area contributed by atoms with Crippen molar-refractivity contribution in [2.45, 2.75) is 64.2 Å². The van der Waals surface area contributed by atoms with Crippen LogP contribution >= 0.6 is 0 Å². The maximum atomic E-state index is 5.17. The zero-order valence-corrected chi connectivity index (χ0v) is 35.3. The molecule has 4 heteroatoms. The van der Waals surface area contributed by atoms with Crippen LogP contribution in [0.1, 0.15) is 69.9 Å². The molecule has 0 N–H and O–H groups in total. The van der Waals surface area contributed by atoms with Gasteiger partial charge in [-0.25, -0.2) is 0 Å². The minimum atomic E-state index is -0.124. The van der Waals surface area contributed by atoms with Gasteiger partial charge in [0.1, 0.15) is 0 Å². The molecule has 3 nitrogen and oxygen atoms in total. The second-order valence-corrected chi connectivity index (χ2v) is 17.1. The summed E-state index contributed by atoms with van der Waals surface area (Å²) in [5.41, 5.74) is 14.6.